The zero-order chi connectivity index (χ0) is 12.3. The highest BCUT2D eigenvalue weighted by Gasteiger charge is 2.04. The summed E-state index contributed by atoms with van der Waals surface area (Å²) in [5, 5.41) is 10.5. The average molecular weight is 231 g/mol. The maximum Gasteiger partial charge on any atom is 0.386 e. The van der Waals surface area contributed by atoms with Crippen molar-refractivity contribution in [2.45, 2.75) is 0 Å². The molecule has 0 bridgehead atoms. The molecule has 0 aliphatic heterocycles. The molecule has 0 aromatic heterocycles. The number of benzene rings is 2. The van der Waals surface area contributed by atoms with Gasteiger partial charge in [-0.05, 0) is 48.5 Å². The van der Waals surface area contributed by atoms with E-state index in [2.05, 4.69) is 0 Å². The van der Waals surface area contributed by atoms with Crippen LogP contribution in [0.4, 0.5) is 4.39 Å². The molecule has 0 fully saturated rings. The molecule has 0 amide bonds. The first-order valence-corrected chi connectivity index (χ1v) is 4.90. The van der Waals surface area contributed by atoms with E-state index >= 15 is 0 Å². The fourth-order valence-corrected chi connectivity index (χ4v) is 1.30. The lowest BCUT2D eigenvalue weighted by atomic mass is 10.2. The monoisotopic (exact) mass is 231 g/mol. The molecule has 2 rings (SSSR count). The van der Waals surface area contributed by atoms with Crippen LogP contribution >= 0.6 is 0 Å². The summed E-state index contributed by atoms with van der Waals surface area (Å²) in [6, 6.07) is 11.3. The maximum atomic E-state index is 12.6. The zero-order valence-electron chi connectivity index (χ0n) is 8.72. The van der Waals surface area contributed by atoms with E-state index in [1.807, 2.05) is 0 Å². The highest BCUT2D eigenvalue weighted by Crippen LogP contribution is 2.21. The lowest BCUT2D eigenvalue weighted by molar-refractivity contribution is 0.0573. The van der Waals surface area contributed by atoms with Crippen molar-refractivity contribution in [3.63, 3.8) is 0 Å². The van der Waals surface area contributed by atoms with Gasteiger partial charge in [0, 0.05) is 0 Å². The molecule has 0 saturated heterocycles. The van der Waals surface area contributed by atoms with Crippen LogP contribution in [0.1, 0.15) is 10.4 Å². The van der Waals surface area contributed by atoms with Crippen LogP contribution in [0.5, 0.6) is 11.5 Å². The van der Waals surface area contributed by atoms with Crippen molar-refractivity contribution in [2.24, 2.45) is 0 Å². The number of hydrogen-bond acceptors (Lipinski definition) is 2. The molecular formula is C13H8FO3. The van der Waals surface area contributed by atoms with Crippen LogP contribution in [-0.2, 0) is 5.11 Å². The van der Waals surface area contributed by atoms with E-state index in [4.69, 9.17) is 4.74 Å². The Bertz CT molecular complexity index is 517. The van der Waals surface area contributed by atoms with Gasteiger partial charge in [-0.15, -0.1) is 0 Å². The van der Waals surface area contributed by atoms with Crippen LogP contribution in [0.15, 0.2) is 48.5 Å². The van der Waals surface area contributed by atoms with Gasteiger partial charge in [0.15, 0.2) is 0 Å². The largest absolute Gasteiger partial charge is 0.457 e. The lowest BCUT2D eigenvalue weighted by Crippen LogP contribution is -1.93. The predicted octanol–water partition coefficient (Wildman–Crippen LogP) is 3.19. The molecule has 17 heavy (non-hydrogen) atoms. The Labute approximate surface area is 97.1 Å². The number of ether oxygens (including phenoxy) is 1. The SMILES string of the molecule is [O]C(=O)c1ccc(Oc2ccc(F)cc2)cc1. The Hall–Kier alpha value is -2.36. The number of rotatable bonds is 3. The molecule has 0 heterocycles. The third-order valence-corrected chi connectivity index (χ3v) is 2.14. The van der Waals surface area contributed by atoms with E-state index in [0.717, 1.165) is 0 Å². The van der Waals surface area contributed by atoms with Crippen LogP contribution in [0.25, 0.3) is 0 Å². The first kappa shape index (κ1) is 11.1. The molecular weight excluding hydrogens is 223 g/mol. The molecule has 3 nitrogen and oxygen atoms in total. The standard InChI is InChI=1S/C13H8FO3/c14-10-3-7-12(8-4-10)17-11-5-1-9(2-6-11)13(15)16/h1-8H. The summed E-state index contributed by atoms with van der Waals surface area (Å²) in [6.07, 6.45) is 0. The van der Waals surface area contributed by atoms with E-state index in [1.165, 1.54) is 48.5 Å². The van der Waals surface area contributed by atoms with E-state index in [9.17, 15) is 14.3 Å². The zero-order valence-corrected chi connectivity index (χ0v) is 8.72. The van der Waals surface area contributed by atoms with Crippen molar-refractivity contribution in [1.29, 1.82) is 0 Å². The topological polar surface area (TPSA) is 46.2 Å². The summed E-state index contributed by atoms with van der Waals surface area (Å²) in [5.74, 6) is -0.628. The summed E-state index contributed by atoms with van der Waals surface area (Å²) in [7, 11) is 0. The first-order valence-electron chi connectivity index (χ1n) is 4.90. The molecule has 2 aromatic rings. The Morgan fingerprint density at radius 1 is 0.882 bits per heavy atom. The van der Waals surface area contributed by atoms with Crippen molar-refractivity contribution in [3.8, 4) is 11.5 Å². The van der Waals surface area contributed by atoms with Crippen LogP contribution < -0.4 is 4.74 Å². The molecule has 85 valence electrons. The number of hydrogen-bond donors (Lipinski definition) is 0. The van der Waals surface area contributed by atoms with Crippen molar-refractivity contribution in [3.05, 3.63) is 59.9 Å². The van der Waals surface area contributed by atoms with Gasteiger partial charge in [0.2, 0.25) is 0 Å². The smallest absolute Gasteiger partial charge is 0.386 e. The Morgan fingerprint density at radius 3 is 1.82 bits per heavy atom. The summed E-state index contributed by atoms with van der Waals surface area (Å²) in [5.41, 5.74) is 0.0801. The normalized spacial score (nSPS) is 9.94. The molecule has 0 aliphatic carbocycles. The van der Waals surface area contributed by atoms with Crippen molar-refractivity contribution in [1.82, 2.24) is 0 Å². The second-order valence-electron chi connectivity index (χ2n) is 3.37. The van der Waals surface area contributed by atoms with Gasteiger partial charge in [0.25, 0.3) is 0 Å². The van der Waals surface area contributed by atoms with Gasteiger partial charge in [-0.2, -0.15) is 0 Å². The number of carbonyl (C=O) groups is 1. The summed E-state index contributed by atoms with van der Waals surface area (Å²) in [4.78, 5) is 10.5. The van der Waals surface area contributed by atoms with Gasteiger partial charge in [-0.3, -0.25) is 0 Å². The van der Waals surface area contributed by atoms with Crippen molar-refractivity contribution < 1.29 is 19.0 Å². The average Bonchev–Trinajstić information content (AvgIpc) is 2.33. The van der Waals surface area contributed by atoms with Gasteiger partial charge in [-0.1, -0.05) is 0 Å². The fraction of sp³-hybridized carbons (Fsp3) is 0. The third kappa shape index (κ3) is 2.81. The fourth-order valence-electron chi connectivity index (χ4n) is 1.30. The molecule has 1 radical (unpaired) electrons. The summed E-state index contributed by atoms with van der Waals surface area (Å²) in [6.45, 7) is 0. The maximum absolute atomic E-state index is 12.6. The van der Waals surface area contributed by atoms with Gasteiger partial charge in [-0.25, -0.2) is 14.3 Å². The second kappa shape index (κ2) is 4.65. The van der Waals surface area contributed by atoms with Gasteiger partial charge < -0.3 is 4.74 Å². The van der Waals surface area contributed by atoms with Crippen LogP contribution in [0.3, 0.4) is 0 Å². The molecule has 0 spiro atoms. The molecule has 0 atom stereocenters. The Balaban J connectivity index is 2.13. The predicted molar refractivity (Wildman–Crippen MR) is 57.9 cm³/mol. The second-order valence-corrected chi connectivity index (χ2v) is 3.37. The molecule has 0 saturated carbocycles. The van der Waals surface area contributed by atoms with E-state index < -0.39 is 5.97 Å². The summed E-state index contributed by atoms with van der Waals surface area (Å²) < 4.78 is 18.0. The molecule has 2 aromatic carbocycles. The molecule has 0 aliphatic rings. The molecule has 0 unspecified atom stereocenters. The molecule has 4 heteroatoms. The Kier molecular flexibility index (Phi) is 3.05. The highest BCUT2D eigenvalue weighted by molar-refractivity contribution is 5.87. The van der Waals surface area contributed by atoms with Crippen LogP contribution in [0.2, 0.25) is 0 Å². The number of halogens is 1. The van der Waals surface area contributed by atoms with Gasteiger partial charge in [0.1, 0.15) is 17.3 Å². The van der Waals surface area contributed by atoms with E-state index in [-0.39, 0.29) is 11.4 Å². The van der Waals surface area contributed by atoms with Crippen LogP contribution in [0, 0.1) is 5.82 Å². The quantitative estimate of drug-likeness (QED) is 0.814. The van der Waals surface area contributed by atoms with E-state index in [0.29, 0.717) is 11.5 Å². The summed E-state index contributed by atoms with van der Waals surface area (Å²) >= 11 is 0. The highest BCUT2D eigenvalue weighted by atomic mass is 19.1. The Morgan fingerprint density at radius 2 is 1.35 bits per heavy atom. The van der Waals surface area contributed by atoms with Crippen LogP contribution in [-0.4, -0.2) is 5.97 Å². The minimum Gasteiger partial charge on any atom is -0.457 e. The number of carbonyl (C=O) groups excluding carboxylic acids is 1. The van der Waals surface area contributed by atoms with Crippen molar-refractivity contribution in [2.75, 3.05) is 0 Å². The van der Waals surface area contributed by atoms with Crippen molar-refractivity contribution >= 4 is 5.97 Å². The molecule has 0 N–H and O–H groups in total. The van der Waals surface area contributed by atoms with Gasteiger partial charge >= 0.3 is 5.97 Å². The minimum atomic E-state index is -1.24. The minimum absolute atomic E-state index is 0.0801. The van der Waals surface area contributed by atoms with Gasteiger partial charge in [0.05, 0.1) is 5.56 Å². The third-order valence-electron chi connectivity index (χ3n) is 2.14. The first-order chi connectivity index (χ1) is 8.15. The van der Waals surface area contributed by atoms with E-state index in [1.54, 1.807) is 0 Å². The lowest BCUT2D eigenvalue weighted by Gasteiger charge is -2.05.